The van der Waals surface area contributed by atoms with Crippen LogP contribution in [0.3, 0.4) is 0 Å². The van der Waals surface area contributed by atoms with E-state index >= 15 is 0 Å². The number of benzene rings is 2. The fourth-order valence-corrected chi connectivity index (χ4v) is 3.00. The van der Waals surface area contributed by atoms with Crippen molar-refractivity contribution in [2.45, 2.75) is 26.1 Å². The zero-order valence-corrected chi connectivity index (χ0v) is 18.3. The Balaban J connectivity index is 0.000000509. The maximum atomic E-state index is 12.4. The molecule has 0 aliphatic carbocycles. The number of aromatic nitrogens is 1. The van der Waals surface area contributed by atoms with E-state index < -0.39 is 12.1 Å². The number of hydrogen-bond acceptors (Lipinski definition) is 4. The van der Waals surface area contributed by atoms with Gasteiger partial charge in [0.15, 0.2) is 0 Å². The number of carboxylic acids is 1. The van der Waals surface area contributed by atoms with Gasteiger partial charge in [-0.05, 0) is 30.0 Å². The minimum absolute atomic E-state index is 0.0442. The van der Waals surface area contributed by atoms with E-state index in [9.17, 15) is 18.0 Å². The van der Waals surface area contributed by atoms with Gasteiger partial charge < -0.3 is 20.1 Å². The predicted molar refractivity (Wildman–Crippen MR) is 120 cm³/mol. The third kappa shape index (κ3) is 7.80. The van der Waals surface area contributed by atoms with Crippen LogP contribution in [-0.2, 0) is 22.5 Å². The van der Waals surface area contributed by atoms with Crippen molar-refractivity contribution in [1.82, 2.24) is 4.57 Å². The van der Waals surface area contributed by atoms with E-state index in [1.165, 1.54) is 5.56 Å². The number of carbonyl (C=O) groups excluding carboxylic acids is 1. The molecule has 4 N–H and O–H groups in total. The number of hydrogen-bond donors (Lipinski definition) is 3. The number of nitrogens with one attached hydrogen (secondary N) is 1. The van der Waals surface area contributed by atoms with E-state index in [0.717, 1.165) is 11.1 Å². The molecule has 0 fully saturated rings. The Labute approximate surface area is 194 Å². The first-order valence-corrected chi connectivity index (χ1v) is 10.1. The highest BCUT2D eigenvalue weighted by Gasteiger charge is 2.38. The summed E-state index contributed by atoms with van der Waals surface area (Å²) in [6, 6.07) is 17.6. The lowest BCUT2D eigenvalue weighted by atomic mass is 10.0. The molecule has 0 unspecified atom stereocenters. The number of aliphatic carboxylic acids is 1. The number of amidine groups is 1. The summed E-state index contributed by atoms with van der Waals surface area (Å²) in [5.74, 6) is -3.02. The van der Waals surface area contributed by atoms with Crippen LogP contribution in [0.1, 0.15) is 39.5 Å². The number of carbonyl (C=O) groups is 2. The molecule has 0 spiro atoms. The lowest BCUT2D eigenvalue weighted by molar-refractivity contribution is -0.192. The minimum Gasteiger partial charge on any atom is -0.475 e. The van der Waals surface area contributed by atoms with Gasteiger partial charge in [-0.25, -0.2) is 9.59 Å². The topological polar surface area (TPSA) is 118 Å². The van der Waals surface area contributed by atoms with Crippen LogP contribution in [0.15, 0.2) is 67.0 Å². The first-order chi connectivity index (χ1) is 16.0. The van der Waals surface area contributed by atoms with Crippen LogP contribution in [0.25, 0.3) is 0 Å². The first-order valence-electron chi connectivity index (χ1n) is 10.1. The Morgan fingerprint density at radius 1 is 1.03 bits per heavy atom. The molecule has 2 aromatic carbocycles. The van der Waals surface area contributed by atoms with Gasteiger partial charge in [-0.3, -0.25) is 5.41 Å². The van der Waals surface area contributed by atoms with Crippen LogP contribution in [0, 0.1) is 5.41 Å². The Morgan fingerprint density at radius 2 is 1.62 bits per heavy atom. The average molecular weight is 475 g/mol. The SMILES string of the molecule is CCOC(=O)c1cn(Cc2ccccc2)cc1Cc1ccc(C(=N)N)cc1.O=C(O)C(F)(F)F. The van der Waals surface area contributed by atoms with Crippen LogP contribution in [0.2, 0.25) is 0 Å². The lowest BCUT2D eigenvalue weighted by Gasteiger charge is -2.05. The summed E-state index contributed by atoms with van der Waals surface area (Å²) < 4.78 is 39.0. The fourth-order valence-electron chi connectivity index (χ4n) is 3.00. The number of nitrogens with two attached hydrogens (primary N) is 1. The van der Waals surface area contributed by atoms with Crippen LogP contribution in [0.5, 0.6) is 0 Å². The fraction of sp³-hybridized carbons (Fsp3) is 0.208. The quantitative estimate of drug-likeness (QED) is 0.269. The van der Waals surface area contributed by atoms with Gasteiger partial charge in [-0.2, -0.15) is 13.2 Å². The number of halogens is 3. The molecule has 0 aliphatic rings. The van der Waals surface area contributed by atoms with E-state index in [-0.39, 0.29) is 11.8 Å². The summed E-state index contributed by atoms with van der Waals surface area (Å²) in [5.41, 5.74) is 9.91. The molecule has 180 valence electrons. The summed E-state index contributed by atoms with van der Waals surface area (Å²) in [7, 11) is 0. The molecule has 0 bridgehead atoms. The summed E-state index contributed by atoms with van der Waals surface area (Å²) in [4.78, 5) is 21.3. The Morgan fingerprint density at radius 3 is 2.12 bits per heavy atom. The second kappa shape index (κ2) is 11.7. The van der Waals surface area contributed by atoms with Crippen molar-refractivity contribution in [3.63, 3.8) is 0 Å². The van der Waals surface area contributed by atoms with Crippen molar-refractivity contribution in [3.05, 3.63) is 94.8 Å². The second-order valence-electron chi connectivity index (χ2n) is 7.17. The van der Waals surface area contributed by atoms with Crippen molar-refractivity contribution in [2.75, 3.05) is 6.61 Å². The number of alkyl halides is 3. The number of carboxylic acid groups (broad SMARTS) is 1. The van der Waals surface area contributed by atoms with Crippen LogP contribution in [-0.4, -0.2) is 40.2 Å². The van der Waals surface area contributed by atoms with E-state index in [1.807, 2.05) is 59.4 Å². The smallest absolute Gasteiger partial charge is 0.475 e. The van der Waals surface area contributed by atoms with Crippen molar-refractivity contribution in [2.24, 2.45) is 5.73 Å². The number of rotatable bonds is 7. The highest BCUT2D eigenvalue weighted by atomic mass is 19.4. The van der Waals surface area contributed by atoms with E-state index in [0.29, 0.717) is 30.7 Å². The highest BCUT2D eigenvalue weighted by Crippen LogP contribution is 2.19. The molecular weight excluding hydrogens is 451 g/mol. The van der Waals surface area contributed by atoms with Crippen molar-refractivity contribution in [1.29, 1.82) is 5.41 Å². The molecule has 1 aromatic heterocycles. The molecule has 0 saturated heterocycles. The van der Waals surface area contributed by atoms with Gasteiger partial charge in [0.25, 0.3) is 0 Å². The molecule has 7 nitrogen and oxygen atoms in total. The average Bonchev–Trinajstić information content (AvgIpc) is 3.17. The van der Waals surface area contributed by atoms with Crippen molar-refractivity contribution >= 4 is 17.8 Å². The predicted octanol–water partition coefficient (Wildman–Crippen LogP) is 4.22. The molecule has 3 aromatic rings. The van der Waals surface area contributed by atoms with Gasteiger partial charge in [-0.15, -0.1) is 0 Å². The van der Waals surface area contributed by atoms with Crippen molar-refractivity contribution in [3.8, 4) is 0 Å². The molecule has 0 radical (unpaired) electrons. The van der Waals surface area contributed by atoms with Gasteiger partial charge in [0.1, 0.15) is 5.84 Å². The van der Waals surface area contributed by atoms with Crippen molar-refractivity contribution < 1.29 is 32.6 Å². The summed E-state index contributed by atoms with van der Waals surface area (Å²) >= 11 is 0. The highest BCUT2D eigenvalue weighted by molar-refractivity contribution is 5.95. The molecule has 3 rings (SSSR count). The standard InChI is InChI=1S/C22H23N3O2.C2HF3O2/c1-2-27-22(26)20-15-25(13-17-6-4-3-5-7-17)14-19(20)12-16-8-10-18(11-9-16)21(23)24;3-2(4,5)1(6)7/h3-11,14-15H,2,12-13H2,1H3,(H3,23,24);(H,6,7). The largest absolute Gasteiger partial charge is 0.490 e. The molecule has 34 heavy (non-hydrogen) atoms. The molecule has 0 saturated carbocycles. The molecule has 0 atom stereocenters. The Hall–Kier alpha value is -4.08. The number of nitrogens with zero attached hydrogens (tertiary/aromatic N) is 1. The molecular formula is C24H24F3N3O4. The Bertz CT molecular complexity index is 1120. The van der Waals surface area contributed by atoms with E-state index in [4.69, 9.17) is 25.8 Å². The number of nitrogen functional groups attached to an aromatic ring is 1. The van der Waals surface area contributed by atoms with E-state index in [1.54, 1.807) is 6.92 Å². The van der Waals surface area contributed by atoms with Crippen LogP contribution >= 0.6 is 0 Å². The summed E-state index contributed by atoms with van der Waals surface area (Å²) in [6.45, 7) is 2.84. The van der Waals surface area contributed by atoms with Crippen LogP contribution in [0.4, 0.5) is 13.2 Å². The Kier molecular flexibility index (Phi) is 9.00. The second-order valence-corrected chi connectivity index (χ2v) is 7.17. The lowest BCUT2D eigenvalue weighted by Crippen LogP contribution is -2.21. The zero-order valence-electron chi connectivity index (χ0n) is 18.3. The van der Waals surface area contributed by atoms with Gasteiger partial charge in [0.2, 0.25) is 0 Å². The van der Waals surface area contributed by atoms with Gasteiger partial charge in [0.05, 0.1) is 12.2 Å². The molecule has 10 heteroatoms. The first kappa shape index (κ1) is 26.2. The zero-order chi connectivity index (χ0) is 25.3. The molecule has 0 amide bonds. The van der Waals surface area contributed by atoms with Gasteiger partial charge in [0, 0.05) is 24.5 Å². The van der Waals surface area contributed by atoms with Gasteiger partial charge in [-0.1, -0.05) is 54.6 Å². The maximum Gasteiger partial charge on any atom is 0.490 e. The van der Waals surface area contributed by atoms with E-state index in [2.05, 4.69) is 12.1 Å². The molecule has 1 heterocycles. The third-order valence-electron chi connectivity index (χ3n) is 4.57. The maximum absolute atomic E-state index is 12.4. The van der Waals surface area contributed by atoms with Gasteiger partial charge >= 0.3 is 18.1 Å². The number of esters is 1. The monoisotopic (exact) mass is 475 g/mol. The summed E-state index contributed by atoms with van der Waals surface area (Å²) in [5, 5.41) is 14.6. The van der Waals surface area contributed by atoms with Crippen LogP contribution < -0.4 is 5.73 Å². The summed E-state index contributed by atoms with van der Waals surface area (Å²) in [6.07, 6.45) is -0.628. The minimum atomic E-state index is -5.08. The molecule has 0 aliphatic heterocycles. The normalized spacial score (nSPS) is 10.7. The number of ether oxygens (including phenoxy) is 1. The third-order valence-corrected chi connectivity index (χ3v) is 4.57.